The van der Waals surface area contributed by atoms with Gasteiger partial charge in [0.1, 0.15) is 0 Å². The van der Waals surface area contributed by atoms with Gasteiger partial charge in [0.2, 0.25) is 0 Å². The Hall–Kier alpha value is -3.05. The van der Waals surface area contributed by atoms with Crippen LogP contribution in [0.3, 0.4) is 0 Å². The van der Waals surface area contributed by atoms with Gasteiger partial charge in [-0.3, -0.25) is 4.90 Å². The number of hydrogen-bond acceptors (Lipinski definition) is 3. The Bertz CT molecular complexity index is 963. The predicted octanol–water partition coefficient (Wildman–Crippen LogP) is 4.88. The van der Waals surface area contributed by atoms with Crippen LogP contribution in [0.1, 0.15) is 35.6 Å². The van der Waals surface area contributed by atoms with Crippen LogP contribution in [-0.4, -0.2) is 35.0 Å². The van der Waals surface area contributed by atoms with Crippen molar-refractivity contribution < 1.29 is 9.21 Å². The Kier molecular flexibility index (Phi) is 4.82. The van der Waals surface area contributed by atoms with E-state index in [0.717, 1.165) is 43.7 Å². The lowest BCUT2D eigenvalue weighted by molar-refractivity contribution is 0.105. The van der Waals surface area contributed by atoms with Gasteiger partial charge in [0.05, 0.1) is 18.6 Å². The summed E-state index contributed by atoms with van der Waals surface area (Å²) in [5.74, 6) is 0. The number of nitrogens with zero attached hydrogens (tertiary/aromatic N) is 2. The highest BCUT2D eigenvalue weighted by molar-refractivity contribution is 5.93. The summed E-state index contributed by atoms with van der Waals surface area (Å²) < 4.78 is 5.19. The van der Waals surface area contributed by atoms with Crippen molar-refractivity contribution in [3.05, 3.63) is 89.9 Å². The van der Waals surface area contributed by atoms with Crippen molar-refractivity contribution in [2.45, 2.75) is 31.5 Å². The molecule has 2 aliphatic rings. The van der Waals surface area contributed by atoms with Crippen molar-refractivity contribution in [1.29, 1.82) is 0 Å². The molecule has 2 aromatic carbocycles. The number of anilines is 1. The molecule has 5 nitrogen and oxygen atoms in total. The number of piperidine rings is 1. The van der Waals surface area contributed by atoms with Gasteiger partial charge in [-0.25, -0.2) is 4.79 Å². The van der Waals surface area contributed by atoms with Crippen LogP contribution in [0.25, 0.3) is 0 Å². The van der Waals surface area contributed by atoms with Crippen LogP contribution >= 0.6 is 0 Å². The van der Waals surface area contributed by atoms with Crippen LogP contribution in [0.2, 0.25) is 0 Å². The topological polar surface area (TPSA) is 48.7 Å². The van der Waals surface area contributed by atoms with Crippen molar-refractivity contribution in [3.63, 3.8) is 0 Å². The number of carbonyl (C=O) groups excluding carboxylic acids is 1. The van der Waals surface area contributed by atoms with E-state index in [2.05, 4.69) is 51.5 Å². The Morgan fingerprint density at radius 2 is 1.72 bits per heavy atom. The second-order valence-electron chi connectivity index (χ2n) is 7.88. The number of likely N-dealkylation sites (tertiary alicyclic amines) is 1. The summed E-state index contributed by atoms with van der Waals surface area (Å²) in [6, 6.07) is 20.7. The van der Waals surface area contributed by atoms with Gasteiger partial charge in [-0.1, -0.05) is 48.5 Å². The summed E-state index contributed by atoms with van der Waals surface area (Å²) in [7, 11) is 0. The van der Waals surface area contributed by atoms with Crippen molar-refractivity contribution in [1.82, 2.24) is 9.80 Å². The zero-order chi connectivity index (χ0) is 19.6. The first-order chi connectivity index (χ1) is 14.3. The molecule has 0 radical (unpaired) electrons. The number of furan rings is 1. The fourth-order valence-electron chi connectivity index (χ4n) is 4.64. The molecule has 1 aromatic heterocycles. The average molecular weight is 387 g/mol. The minimum Gasteiger partial charge on any atom is -0.472 e. The second kappa shape index (κ2) is 7.76. The first kappa shape index (κ1) is 18.0. The Morgan fingerprint density at radius 1 is 0.966 bits per heavy atom. The maximum Gasteiger partial charge on any atom is 0.322 e. The second-order valence-corrected chi connectivity index (χ2v) is 7.88. The molecule has 1 N–H and O–H groups in total. The molecule has 0 bridgehead atoms. The predicted molar refractivity (Wildman–Crippen MR) is 113 cm³/mol. The summed E-state index contributed by atoms with van der Waals surface area (Å²) in [5, 5.41) is 3.12. The van der Waals surface area contributed by atoms with Gasteiger partial charge in [0.15, 0.2) is 0 Å². The number of amides is 2. The van der Waals surface area contributed by atoms with E-state index in [1.807, 2.05) is 30.5 Å². The van der Waals surface area contributed by atoms with Gasteiger partial charge in [-0.2, -0.15) is 0 Å². The summed E-state index contributed by atoms with van der Waals surface area (Å²) in [6.07, 6.45) is 5.47. The number of para-hydroxylation sites is 1. The number of urea groups is 1. The first-order valence-corrected chi connectivity index (χ1v) is 10.3. The summed E-state index contributed by atoms with van der Waals surface area (Å²) in [6.45, 7) is 2.85. The van der Waals surface area contributed by atoms with E-state index in [0.29, 0.717) is 0 Å². The van der Waals surface area contributed by atoms with Gasteiger partial charge in [0, 0.05) is 42.5 Å². The summed E-state index contributed by atoms with van der Waals surface area (Å²) in [5.41, 5.74) is 4.45. The Balaban J connectivity index is 1.40. The molecule has 2 amide bonds. The van der Waals surface area contributed by atoms with Crippen LogP contribution in [0.4, 0.5) is 10.5 Å². The molecule has 0 spiro atoms. The molecule has 3 aromatic rings. The lowest BCUT2D eigenvalue weighted by Gasteiger charge is -2.45. The molecule has 2 aliphatic heterocycles. The maximum absolute atomic E-state index is 13.2. The lowest BCUT2D eigenvalue weighted by atomic mass is 9.90. The fraction of sp³-hybridized carbons (Fsp3) is 0.292. The molecule has 1 unspecified atom stereocenters. The third kappa shape index (κ3) is 3.54. The monoisotopic (exact) mass is 387 g/mol. The number of carbonyl (C=O) groups is 1. The van der Waals surface area contributed by atoms with Crippen LogP contribution in [0, 0.1) is 0 Å². The Morgan fingerprint density at radius 3 is 2.48 bits per heavy atom. The number of fused-ring (bicyclic) bond motifs is 1. The molecule has 29 heavy (non-hydrogen) atoms. The summed E-state index contributed by atoms with van der Waals surface area (Å²) in [4.78, 5) is 17.7. The normalized spacial score (nSPS) is 20.3. The largest absolute Gasteiger partial charge is 0.472 e. The van der Waals surface area contributed by atoms with Gasteiger partial charge >= 0.3 is 6.03 Å². The van der Waals surface area contributed by atoms with Crippen molar-refractivity contribution in [2.24, 2.45) is 0 Å². The molecule has 3 heterocycles. The van der Waals surface area contributed by atoms with Crippen molar-refractivity contribution >= 4 is 11.7 Å². The van der Waals surface area contributed by atoms with Crippen molar-refractivity contribution in [3.8, 4) is 0 Å². The molecule has 5 heteroatoms. The quantitative estimate of drug-likeness (QED) is 0.694. The van der Waals surface area contributed by atoms with E-state index in [1.54, 1.807) is 6.26 Å². The molecule has 0 aliphatic carbocycles. The van der Waals surface area contributed by atoms with Crippen molar-refractivity contribution in [2.75, 3.05) is 18.4 Å². The number of nitrogens with one attached hydrogen (secondary N) is 1. The SMILES string of the molecule is O=C1Nc2ccccc2C(c2ccccc2)N1C1CCN(Cc2ccoc2)CC1. The van der Waals surface area contributed by atoms with Gasteiger partial charge in [-0.15, -0.1) is 0 Å². The molecule has 1 atom stereocenters. The third-order valence-electron chi connectivity index (χ3n) is 6.06. The van der Waals surface area contributed by atoms with E-state index < -0.39 is 0 Å². The zero-order valence-electron chi connectivity index (χ0n) is 16.3. The number of rotatable bonds is 4. The number of benzene rings is 2. The summed E-state index contributed by atoms with van der Waals surface area (Å²) >= 11 is 0. The molecule has 5 rings (SSSR count). The first-order valence-electron chi connectivity index (χ1n) is 10.3. The third-order valence-corrected chi connectivity index (χ3v) is 6.06. The average Bonchev–Trinajstić information content (AvgIpc) is 3.27. The van der Waals surface area contributed by atoms with Gasteiger partial charge in [-0.05, 0) is 30.5 Å². The van der Waals surface area contributed by atoms with E-state index in [1.165, 1.54) is 11.1 Å². The highest BCUT2D eigenvalue weighted by Gasteiger charge is 2.38. The van der Waals surface area contributed by atoms with Crippen LogP contribution in [0.5, 0.6) is 0 Å². The molecular weight excluding hydrogens is 362 g/mol. The van der Waals surface area contributed by atoms with Gasteiger partial charge in [0.25, 0.3) is 0 Å². The molecule has 0 saturated carbocycles. The van der Waals surface area contributed by atoms with E-state index in [4.69, 9.17) is 4.42 Å². The van der Waals surface area contributed by atoms with Gasteiger partial charge < -0.3 is 14.6 Å². The molecule has 148 valence electrons. The maximum atomic E-state index is 13.2. The smallest absolute Gasteiger partial charge is 0.322 e. The van der Waals surface area contributed by atoms with E-state index in [9.17, 15) is 4.79 Å². The zero-order valence-corrected chi connectivity index (χ0v) is 16.3. The number of hydrogen-bond donors (Lipinski definition) is 1. The van der Waals surface area contributed by atoms with Crippen LogP contribution in [0.15, 0.2) is 77.6 Å². The highest BCUT2D eigenvalue weighted by Crippen LogP contribution is 2.40. The Labute approximate surface area is 170 Å². The van der Waals surface area contributed by atoms with Crippen LogP contribution < -0.4 is 5.32 Å². The molecular formula is C24H25N3O2. The molecule has 1 fully saturated rings. The standard InChI is InChI=1S/C24H25N3O2/c28-24-25-22-9-5-4-8-21(22)23(19-6-2-1-3-7-19)27(24)20-10-13-26(14-11-20)16-18-12-15-29-17-18/h1-9,12,15,17,20,23H,10-11,13-14,16H2,(H,25,28). The minimum absolute atomic E-state index is 0.00541. The van der Waals surface area contributed by atoms with E-state index >= 15 is 0 Å². The minimum atomic E-state index is -0.0495. The lowest BCUT2D eigenvalue weighted by Crippen LogP contribution is -2.52. The fourth-order valence-corrected chi connectivity index (χ4v) is 4.64. The van der Waals surface area contributed by atoms with E-state index in [-0.39, 0.29) is 18.1 Å². The highest BCUT2D eigenvalue weighted by atomic mass is 16.3. The van der Waals surface area contributed by atoms with Crippen LogP contribution in [-0.2, 0) is 6.54 Å². The molecule has 1 saturated heterocycles.